The second-order valence-corrected chi connectivity index (χ2v) is 5.92. The van der Waals surface area contributed by atoms with Crippen molar-refractivity contribution in [1.29, 1.82) is 0 Å². The van der Waals surface area contributed by atoms with Crippen molar-refractivity contribution in [3.8, 4) is 0 Å². The zero-order valence-corrected chi connectivity index (χ0v) is 14.0. The number of rotatable bonds is 10. The summed E-state index contributed by atoms with van der Waals surface area (Å²) < 4.78 is 5.93. The Bertz CT molecular complexity index is 326. The molecule has 3 heteroatoms. The van der Waals surface area contributed by atoms with Crippen molar-refractivity contribution in [2.24, 2.45) is 0 Å². The molecule has 1 rings (SSSR count). The molecular weight excluding hydrogens is 324 g/mol. The van der Waals surface area contributed by atoms with Crippen LogP contribution in [0.15, 0.2) is 24.3 Å². The molecule has 1 aromatic carbocycles. The van der Waals surface area contributed by atoms with Crippen LogP contribution in [0.3, 0.4) is 0 Å². The van der Waals surface area contributed by atoms with Crippen molar-refractivity contribution in [3.63, 3.8) is 0 Å². The third kappa shape index (κ3) is 7.34. The zero-order chi connectivity index (χ0) is 13.9. The summed E-state index contributed by atoms with van der Waals surface area (Å²) in [6.45, 7) is 3.08. The maximum atomic E-state index is 5.93. The predicted octanol–water partition coefficient (Wildman–Crippen LogP) is 6.15. The Morgan fingerprint density at radius 2 is 1.68 bits per heavy atom. The molecule has 0 bridgehead atoms. The Morgan fingerprint density at radius 1 is 1.05 bits per heavy atom. The van der Waals surface area contributed by atoms with E-state index in [1.165, 1.54) is 37.7 Å². The van der Waals surface area contributed by atoms with Gasteiger partial charge in [-0.25, -0.2) is 0 Å². The first kappa shape index (κ1) is 17.0. The van der Waals surface area contributed by atoms with Gasteiger partial charge in [-0.3, -0.25) is 0 Å². The molecule has 0 saturated carbocycles. The Hall–Kier alpha value is -0.0500. The summed E-state index contributed by atoms with van der Waals surface area (Å²) in [5.74, 6) is 0. The van der Waals surface area contributed by atoms with Crippen LogP contribution in [0.25, 0.3) is 0 Å². The van der Waals surface area contributed by atoms with Gasteiger partial charge < -0.3 is 4.74 Å². The standard InChI is InChI=1S/C16H24BrClO/c1-2-3-4-5-6-7-12-19-16(13-17)14-8-10-15(18)11-9-14/h8-11,16H,2-7,12-13H2,1H3. The fourth-order valence-corrected chi connectivity index (χ4v) is 2.70. The van der Waals surface area contributed by atoms with E-state index >= 15 is 0 Å². The van der Waals surface area contributed by atoms with E-state index in [1.54, 1.807) is 0 Å². The Balaban J connectivity index is 2.20. The monoisotopic (exact) mass is 346 g/mol. The summed E-state index contributed by atoms with van der Waals surface area (Å²) in [6, 6.07) is 7.91. The van der Waals surface area contributed by atoms with Crippen LogP contribution in [0.1, 0.15) is 57.1 Å². The van der Waals surface area contributed by atoms with Gasteiger partial charge in [0, 0.05) is 17.0 Å². The molecule has 1 unspecified atom stereocenters. The third-order valence-corrected chi connectivity index (χ3v) is 4.04. The lowest BCUT2D eigenvalue weighted by atomic mass is 10.1. The molecule has 0 heterocycles. The van der Waals surface area contributed by atoms with Gasteiger partial charge in [-0.2, -0.15) is 0 Å². The summed E-state index contributed by atoms with van der Waals surface area (Å²) >= 11 is 9.41. The van der Waals surface area contributed by atoms with Crippen molar-refractivity contribution < 1.29 is 4.74 Å². The first-order chi connectivity index (χ1) is 9.27. The molecule has 0 spiro atoms. The minimum Gasteiger partial charge on any atom is -0.373 e. The normalized spacial score (nSPS) is 12.6. The van der Waals surface area contributed by atoms with Crippen LogP contribution in [-0.4, -0.2) is 11.9 Å². The molecule has 0 aliphatic carbocycles. The molecular formula is C16H24BrClO. The van der Waals surface area contributed by atoms with Gasteiger partial charge in [0.2, 0.25) is 0 Å². The number of halogens is 2. The van der Waals surface area contributed by atoms with E-state index in [1.807, 2.05) is 24.3 Å². The average Bonchev–Trinajstić information content (AvgIpc) is 2.43. The van der Waals surface area contributed by atoms with Gasteiger partial charge >= 0.3 is 0 Å². The van der Waals surface area contributed by atoms with Crippen LogP contribution in [0.2, 0.25) is 5.02 Å². The van der Waals surface area contributed by atoms with E-state index in [-0.39, 0.29) is 6.10 Å². The molecule has 0 saturated heterocycles. The Morgan fingerprint density at radius 3 is 2.32 bits per heavy atom. The van der Waals surface area contributed by atoms with Gasteiger partial charge in [0.15, 0.2) is 0 Å². The smallest absolute Gasteiger partial charge is 0.0921 e. The van der Waals surface area contributed by atoms with Crippen LogP contribution >= 0.6 is 27.5 Å². The lowest BCUT2D eigenvalue weighted by Gasteiger charge is -2.16. The summed E-state index contributed by atoms with van der Waals surface area (Å²) in [7, 11) is 0. The first-order valence-corrected chi connectivity index (χ1v) is 8.71. The summed E-state index contributed by atoms with van der Waals surface area (Å²) in [6.07, 6.45) is 7.91. The van der Waals surface area contributed by atoms with E-state index in [0.717, 1.165) is 23.4 Å². The van der Waals surface area contributed by atoms with Crippen molar-refractivity contribution in [2.75, 3.05) is 11.9 Å². The van der Waals surface area contributed by atoms with Crippen LogP contribution in [0.5, 0.6) is 0 Å². The van der Waals surface area contributed by atoms with Gasteiger partial charge in [-0.1, -0.05) is 78.7 Å². The average molecular weight is 348 g/mol. The maximum absolute atomic E-state index is 5.93. The molecule has 0 N–H and O–H groups in total. The number of alkyl halides is 1. The molecule has 19 heavy (non-hydrogen) atoms. The van der Waals surface area contributed by atoms with Gasteiger partial charge in [0.05, 0.1) is 6.10 Å². The van der Waals surface area contributed by atoms with Crippen LogP contribution < -0.4 is 0 Å². The number of hydrogen-bond acceptors (Lipinski definition) is 1. The lowest BCUT2D eigenvalue weighted by Crippen LogP contribution is -2.07. The Kier molecular flexibility index (Phi) is 9.58. The molecule has 1 atom stereocenters. The molecule has 1 nitrogen and oxygen atoms in total. The van der Waals surface area contributed by atoms with E-state index in [4.69, 9.17) is 16.3 Å². The lowest BCUT2D eigenvalue weighted by molar-refractivity contribution is 0.0667. The molecule has 0 aromatic heterocycles. The molecule has 0 amide bonds. The summed E-state index contributed by atoms with van der Waals surface area (Å²) in [4.78, 5) is 0. The highest BCUT2D eigenvalue weighted by molar-refractivity contribution is 9.09. The number of benzene rings is 1. The minimum absolute atomic E-state index is 0.132. The SMILES string of the molecule is CCCCCCCCOC(CBr)c1ccc(Cl)cc1. The van der Waals surface area contributed by atoms with E-state index in [2.05, 4.69) is 22.9 Å². The molecule has 108 valence electrons. The highest BCUT2D eigenvalue weighted by Crippen LogP contribution is 2.22. The van der Waals surface area contributed by atoms with Crippen molar-refractivity contribution in [2.45, 2.75) is 51.6 Å². The second kappa shape index (κ2) is 10.7. The van der Waals surface area contributed by atoms with Gasteiger partial charge in [-0.15, -0.1) is 0 Å². The van der Waals surface area contributed by atoms with Crippen molar-refractivity contribution >= 4 is 27.5 Å². The first-order valence-electron chi connectivity index (χ1n) is 7.21. The third-order valence-electron chi connectivity index (χ3n) is 3.20. The van der Waals surface area contributed by atoms with Gasteiger partial charge in [0.25, 0.3) is 0 Å². The molecule has 0 fully saturated rings. The summed E-state index contributed by atoms with van der Waals surface area (Å²) in [5.41, 5.74) is 1.19. The maximum Gasteiger partial charge on any atom is 0.0921 e. The van der Waals surface area contributed by atoms with Crippen LogP contribution in [0.4, 0.5) is 0 Å². The number of unbranched alkanes of at least 4 members (excludes halogenated alkanes) is 5. The van der Waals surface area contributed by atoms with Crippen molar-refractivity contribution in [1.82, 2.24) is 0 Å². The predicted molar refractivity (Wildman–Crippen MR) is 87.3 cm³/mol. The highest BCUT2D eigenvalue weighted by atomic mass is 79.9. The van der Waals surface area contributed by atoms with Crippen LogP contribution in [0, 0.1) is 0 Å². The summed E-state index contributed by atoms with van der Waals surface area (Å²) in [5, 5.41) is 1.60. The molecule has 0 aliphatic rings. The minimum atomic E-state index is 0.132. The van der Waals surface area contributed by atoms with E-state index in [0.29, 0.717) is 0 Å². The van der Waals surface area contributed by atoms with Crippen LogP contribution in [-0.2, 0) is 4.74 Å². The molecule has 0 aliphatic heterocycles. The quantitative estimate of drug-likeness (QED) is 0.364. The van der Waals surface area contributed by atoms with E-state index < -0.39 is 0 Å². The molecule has 0 radical (unpaired) electrons. The molecule has 1 aromatic rings. The fourth-order valence-electron chi connectivity index (χ4n) is 2.02. The fraction of sp³-hybridized carbons (Fsp3) is 0.625. The number of hydrogen-bond donors (Lipinski definition) is 0. The largest absolute Gasteiger partial charge is 0.373 e. The number of ether oxygens (including phenoxy) is 1. The zero-order valence-electron chi connectivity index (χ0n) is 11.7. The highest BCUT2D eigenvalue weighted by Gasteiger charge is 2.09. The van der Waals surface area contributed by atoms with Gasteiger partial charge in [0.1, 0.15) is 0 Å². The Labute approximate surface area is 130 Å². The second-order valence-electron chi connectivity index (χ2n) is 4.83. The van der Waals surface area contributed by atoms with E-state index in [9.17, 15) is 0 Å². The van der Waals surface area contributed by atoms with Gasteiger partial charge in [-0.05, 0) is 24.1 Å². The topological polar surface area (TPSA) is 9.23 Å². The van der Waals surface area contributed by atoms with Crippen molar-refractivity contribution in [3.05, 3.63) is 34.9 Å².